The number of amides is 1. The predicted octanol–water partition coefficient (Wildman–Crippen LogP) is 6.90. The molecule has 4 aromatic carbocycles. The zero-order chi connectivity index (χ0) is 33.5. The van der Waals surface area contributed by atoms with Gasteiger partial charge in [-0.05, 0) is 66.6 Å². The van der Waals surface area contributed by atoms with Crippen LogP contribution in [0.15, 0.2) is 118 Å². The number of aromatic hydroxyl groups is 1. The summed E-state index contributed by atoms with van der Waals surface area (Å²) in [5.41, 5.74) is 4.42. The van der Waals surface area contributed by atoms with Crippen molar-refractivity contribution in [3.63, 3.8) is 0 Å². The fraction of sp³-hybridized carbons (Fsp3) is 0.108. The van der Waals surface area contributed by atoms with Gasteiger partial charge < -0.3 is 19.7 Å². The molecule has 0 saturated heterocycles. The molecule has 1 aliphatic rings. The number of nitrogens with zero attached hydrogens (tertiary/aromatic N) is 3. The Hall–Kier alpha value is -5.09. The highest BCUT2D eigenvalue weighted by atomic mass is 35.5. The molecule has 0 aliphatic carbocycles. The Balaban J connectivity index is 1.37. The normalized spacial score (nSPS) is 14.6. The number of para-hydroxylation sites is 2. The van der Waals surface area contributed by atoms with Gasteiger partial charge in [-0.25, -0.2) is 4.99 Å². The lowest BCUT2D eigenvalue weighted by molar-refractivity contribution is -0.113. The Kier molecular flexibility index (Phi) is 8.43. The van der Waals surface area contributed by atoms with E-state index in [0.29, 0.717) is 48.4 Å². The minimum atomic E-state index is -0.838. The second-order valence-corrected chi connectivity index (χ2v) is 13.2. The van der Waals surface area contributed by atoms with Gasteiger partial charge in [0.25, 0.3) is 11.5 Å². The van der Waals surface area contributed by atoms with Crippen LogP contribution in [-0.2, 0) is 11.3 Å². The molecule has 48 heavy (non-hydrogen) atoms. The molecule has 8 nitrogen and oxygen atoms in total. The highest BCUT2D eigenvalue weighted by Crippen LogP contribution is 2.36. The first-order chi connectivity index (χ1) is 23.2. The molecule has 3 heterocycles. The third kappa shape index (κ3) is 5.81. The van der Waals surface area contributed by atoms with Crippen molar-refractivity contribution in [1.82, 2.24) is 9.13 Å². The van der Waals surface area contributed by atoms with E-state index in [0.717, 1.165) is 22.0 Å². The number of nitrogens with one attached hydrogen (secondary N) is 1. The highest BCUT2D eigenvalue weighted by Gasteiger charge is 2.33. The van der Waals surface area contributed by atoms with Gasteiger partial charge in [0.1, 0.15) is 0 Å². The molecule has 7 rings (SSSR count). The summed E-state index contributed by atoms with van der Waals surface area (Å²) in [5.74, 6) is -0.223. The number of thiazole rings is 1. The highest BCUT2D eigenvalue weighted by molar-refractivity contribution is 7.07. The summed E-state index contributed by atoms with van der Waals surface area (Å²) in [4.78, 5) is 33.5. The molecule has 1 aliphatic heterocycles. The van der Waals surface area contributed by atoms with Crippen LogP contribution in [0.1, 0.15) is 29.7 Å². The number of phenols is 1. The second-order valence-electron chi connectivity index (χ2n) is 11.3. The molecule has 11 heteroatoms. The number of ether oxygens (including phenoxy) is 1. The van der Waals surface area contributed by atoms with Crippen LogP contribution in [0, 0.1) is 0 Å². The number of allylic oxidation sites excluding steroid dienone is 1. The molecule has 1 atom stereocenters. The molecule has 0 radical (unpaired) electrons. The Labute approximate surface area is 289 Å². The van der Waals surface area contributed by atoms with Gasteiger partial charge in [0.05, 0.1) is 29.0 Å². The topological polar surface area (TPSA) is 97.9 Å². The van der Waals surface area contributed by atoms with E-state index in [9.17, 15) is 14.7 Å². The quantitative estimate of drug-likeness (QED) is 0.190. The van der Waals surface area contributed by atoms with Crippen molar-refractivity contribution in [2.45, 2.75) is 19.5 Å². The largest absolute Gasteiger partial charge is 0.504 e. The van der Waals surface area contributed by atoms with Gasteiger partial charge in [0.2, 0.25) is 0 Å². The van der Waals surface area contributed by atoms with Crippen LogP contribution >= 0.6 is 34.5 Å². The third-order valence-electron chi connectivity index (χ3n) is 8.28. The van der Waals surface area contributed by atoms with Crippen LogP contribution < -0.4 is 24.9 Å². The first-order valence-electron chi connectivity index (χ1n) is 15.0. The van der Waals surface area contributed by atoms with Crippen LogP contribution in [0.2, 0.25) is 10.0 Å². The molecule has 6 aromatic rings. The van der Waals surface area contributed by atoms with Crippen molar-refractivity contribution in [3.05, 3.63) is 155 Å². The second kappa shape index (κ2) is 12.8. The average molecular weight is 696 g/mol. The molecule has 1 amide bonds. The first-order valence-corrected chi connectivity index (χ1v) is 16.6. The lowest BCUT2D eigenvalue weighted by Gasteiger charge is -2.25. The summed E-state index contributed by atoms with van der Waals surface area (Å²) in [6.45, 7) is 2.27. The van der Waals surface area contributed by atoms with Gasteiger partial charge in [-0.2, -0.15) is 0 Å². The fourth-order valence-electron chi connectivity index (χ4n) is 6.01. The van der Waals surface area contributed by atoms with Crippen molar-refractivity contribution in [2.24, 2.45) is 4.99 Å². The van der Waals surface area contributed by atoms with Crippen LogP contribution in [0.25, 0.3) is 17.0 Å². The van der Waals surface area contributed by atoms with Crippen molar-refractivity contribution in [3.8, 4) is 11.5 Å². The van der Waals surface area contributed by atoms with E-state index in [1.807, 2.05) is 66.9 Å². The van der Waals surface area contributed by atoms with Gasteiger partial charge in [0.15, 0.2) is 16.3 Å². The number of benzene rings is 4. The minimum Gasteiger partial charge on any atom is -0.504 e. The molecule has 0 spiro atoms. The van der Waals surface area contributed by atoms with Gasteiger partial charge in [-0.15, -0.1) is 0 Å². The van der Waals surface area contributed by atoms with Gasteiger partial charge in [-0.1, -0.05) is 83.1 Å². The predicted molar refractivity (Wildman–Crippen MR) is 191 cm³/mol. The number of anilines is 1. The lowest BCUT2D eigenvalue weighted by Crippen LogP contribution is -2.40. The molecule has 0 saturated carbocycles. The van der Waals surface area contributed by atoms with Crippen molar-refractivity contribution < 1.29 is 14.6 Å². The Bertz CT molecular complexity index is 2450. The molecule has 0 bridgehead atoms. The van der Waals surface area contributed by atoms with E-state index in [1.54, 1.807) is 41.8 Å². The monoisotopic (exact) mass is 694 g/mol. The summed E-state index contributed by atoms with van der Waals surface area (Å²) >= 11 is 13.9. The first kappa shape index (κ1) is 31.5. The van der Waals surface area contributed by atoms with Gasteiger partial charge in [0, 0.05) is 44.9 Å². The van der Waals surface area contributed by atoms with Crippen molar-refractivity contribution in [1.29, 1.82) is 0 Å². The Morgan fingerprint density at radius 1 is 1.04 bits per heavy atom. The summed E-state index contributed by atoms with van der Waals surface area (Å²) in [6.07, 6.45) is 3.86. The standard InChI is InChI=1S/C37H28Cl2N4O4S/c1-21-33(35(45)41-26-8-4-3-5-9-26)34(22-13-15-30(44)31(16-22)47-2)43-36(46)32(48-37(43)40-21)17-24-20-42(29-11-7-6-10-27(24)29)19-23-12-14-25(38)18-28(23)39/h3-18,20,34,44H,19H2,1-2H3,(H,41,45)/b32-17-/t34-/m1/s1. The summed E-state index contributed by atoms with van der Waals surface area (Å²) < 4.78 is 9.49. The molecular weight excluding hydrogens is 667 g/mol. The van der Waals surface area contributed by atoms with E-state index in [-0.39, 0.29) is 17.1 Å². The number of phenolic OH excluding ortho intramolecular Hbond substituents is 1. The maximum atomic E-state index is 14.4. The summed E-state index contributed by atoms with van der Waals surface area (Å²) in [7, 11) is 1.45. The SMILES string of the molecule is COc1cc([C@@H]2C(C(=O)Nc3ccccc3)=C(C)N=c3s/c(=C\c4cn(Cc5ccc(Cl)cc5Cl)c5ccccc45)c(=O)n32)ccc1O. The Morgan fingerprint density at radius 3 is 2.58 bits per heavy atom. The van der Waals surface area contributed by atoms with E-state index in [4.69, 9.17) is 32.9 Å². The molecule has 2 aromatic heterocycles. The maximum Gasteiger partial charge on any atom is 0.271 e. The van der Waals surface area contributed by atoms with Crippen LogP contribution in [0.3, 0.4) is 0 Å². The number of hydrogen-bond donors (Lipinski definition) is 2. The fourth-order valence-corrected chi connectivity index (χ4v) is 7.51. The smallest absolute Gasteiger partial charge is 0.271 e. The zero-order valence-corrected chi connectivity index (χ0v) is 28.1. The van der Waals surface area contributed by atoms with E-state index in [1.165, 1.54) is 24.5 Å². The van der Waals surface area contributed by atoms with Crippen molar-refractivity contribution in [2.75, 3.05) is 12.4 Å². The zero-order valence-electron chi connectivity index (χ0n) is 25.8. The van der Waals surface area contributed by atoms with E-state index in [2.05, 4.69) is 9.88 Å². The number of aromatic nitrogens is 2. The van der Waals surface area contributed by atoms with Gasteiger partial charge >= 0.3 is 0 Å². The maximum absolute atomic E-state index is 14.4. The molecule has 0 unspecified atom stereocenters. The van der Waals surface area contributed by atoms with E-state index < -0.39 is 11.9 Å². The van der Waals surface area contributed by atoms with E-state index >= 15 is 0 Å². The van der Waals surface area contributed by atoms with Crippen LogP contribution in [-0.4, -0.2) is 27.3 Å². The summed E-state index contributed by atoms with van der Waals surface area (Å²) in [5, 5.41) is 15.4. The van der Waals surface area contributed by atoms with Crippen LogP contribution in [0.4, 0.5) is 5.69 Å². The Morgan fingerprint density at radius 2 is 1.81 bits per heavy atom. The summed E-state index contributed by atoms with van der Waals surface area (Å²) in [6, 6.07) is 26.5. The molecule has 240 valence electrons. The van der Waals surface area contributed by atoms with Crippen LogP contribution in [0.5, 0.6) is 11.5 Å². The average Bonchev–Trinajstić information content (AvgIpc) is 3.58. The number of methoxy groups -OCH3 is 1. The number of rotatable bonds is 7. The third-order valence-corrected chi connectivity index (χ3v) is 9.85. The van der Waals surface area contributed by atoms with Gasteiger partial charge in [-0.3, -0.25) is 14.2 Å². The van der Waals surface area contributed by atoms with Crippen molar-refractivity contribution >= 4 is 63.1 Å². The molecular formula is C37H28Cl2N4O4S. The number of fused-ring (bicyclic) bond motifs is 2. The number of carbonyl (C=O) groups is 1. The number of halogens is 2. The number of carbonyl (C=O) groups excluding carboxylic acids is 1. The minimum absolute atomic E-state index is 0.0547. The molecule has 2 N–H and O–H groups in total. The molecule has 0 fully saturated rings. The lowest BCUT2D eigenvalue weighted by atomic mass is 9.94. The number of hydrogen-bond acceptors (Lipinski definition) is 6.